The second kappa shape index (κ2) is 13.2. The van der Waals surface area contributed by atoms with Gasteiger partial charge in [-0.25, -0.2) is 28.9 Å². The summed E-state index contributed by atoms with van der Waals surface area (Å²) in [6.07, 6.45) is -4.70. The molecule has 8 rings (SSSR count). The lowest BCUT2D eigenvalue weighted by Gasteiger charge is -2.27. The van der Waals surface area contributed by atoms with Crippen molar-refractivity contribution in [1.82, 2.24) is 33.6 Å². The van der Waals surface area contributed by atoms with E-state index >= 15 is 4.39 Å². The second-order valence-corrected chi connectivity index (χ2v) is 17.7. The number of aromatic nitrogens is 7. The van der Waals surface area contributed by atoms with Gasteiger partial charge in [0.05, 0.1) is 38.1 Å². The zero-order valence-corrected chi connectivity index (χ0v) is 29.2. The molecule has 0 amide bonds. The number of hydrogen-bond donors (Lipinski definition) is 5. The van der Waals surface area contributed by atoms with E-state index in [2.05, 4.69) is 37.5 Å². The van der Waals surface area contributed by atoms with E-state index in [9.17, 15) is 24.5 Å². The van der Waals surface area contributed by atoms with Gasteiger partial charge in [-0.05, 0) is 30.2 Å². The smallest absolute Gasteiger partial charge is 0.386 e. The van der Waals surface area contributed by atoms with Gasteiger partial charge in [-0.2, -0.15) is 0 Å². The van der Waals surface area contributed by atoms with Crippen molar-refractivity contribution in [1.29, 1.82) is 0 Å². The molecule has 8 heterocycles. The van der Waals surface area contributed by atoms with Crippen LogP contribution in [-0.2, 0) is 56.9 Å². The Balaban J connectivity index is 1.10. The van der Waals surface area contributed by atoms with E-state index in [1.54, 1.807) is 10.8 Å². The maximum absolute atomic E-state index is 16.0. The number of halogens is 1. The molecular formula is C26H31FN8O11P2S2. The van der Waals surface area contributed by atoms with Gasteiger partial charge >= 0.3 is 13.5 Å². The minimum absolute atomic E-state index is 0.00900. The van der Waals surface area contributed by atoms with Crippen LogP contribution < -0.4 is 10.9 Å². The molecule has 4 N–H and O–H groups in total. The Bertz CT molecular complexity index is 2110. The molecule has 24 heteroatoms. The number of alkyl halides is 1. The molecule has 0 saturated carbocycles. The summed E-state index contributed by atoms with van der Waals surface area (Å²) in [7, 11) is 0. The van der Waals surface area contributed by atoms with E-state index in [0.717, 1.165) is 28.5 Å². The third-order valence-corrected chi connectivity index (χ3v) is 12.1. The zero-order chi connectivity index (χ0) is 34.9. The molecule has 10 atom stereocenters. The van der Waals surface area contributed by atoms with Crippen molar-refractivity contribution < 1.29 is 51.6 Å². The van der Waals surface area contributed by atoms with Gasteiger partial charge in [-0.15, -0.1) is 0 Å². The number of nitrogens with zero attached hydrogens (tertiary/aromatic N) is 7. The molecule has 0 aromatic carbocycles. The van der Waals surface area contributed by atoms with Crippen LogP contribution >= 0.6 is 25.8 Å². The van der Waals surface area contributed by atoms with Crippen LogP contribution in [0.4, 0.5) is 10.2 Å². The first kappa shape index (κ1) is 34.6. The van der Waals surface area contributed by atoms with Crippen molar-refractivity contribution in [3.63, 3.8) is 0 Å². The van der Waals surface area contributed by atoms with Gasteiger partial charge in [0.1, 0.15) is 54.6 Å². The molecule has 2 bridgehead atoms. The fraction of sp³-hybridized carbons (Fsp3) is 0.577. The molecule has 0 radical (unpaired) electrons. The van der Waals surface area contributed by atoms with E-state index in [0.29, 0.717) is 17.9 Å². The molecule has 4 aliphatic rings. The van der Waals surface area contributed by atoms with Gasteiger partial charge < -0.3 is 39.0 Å². The molecule has 0 spiro atoms. The number of aliphatic hydroxyl groups excluding tert-OH is 2. The van der Waals surface area contributed by atoms with Crippen LogP contribution in [-0.4, -0.2) is 112 Å². The molecule has 0 aliphatic carbocycles. The monoisotopic (exact) mass is 776 g/mol. The van der Waals surface area contributed by atoms with Crippen molar-refractivity contribution >= 4 is 65.6 Å². The third-order valence-electron chi connectivity index (χ3n) is 8.93. The number of thiol groups is 1. The fourth-order valence-corrected chi connectivity index (χ4v) is 9.54. The number of aliphatic hydroxyl groups is 2. The zero-order valence-electron chi connectivity index (χ0n) is 25.7. The van der Waals surface area contributed by atoms with E-state index in [4.69, 9.17) is 39.4 Å². The van der Waals surface area contributed by atoms with E-state index in [1.807, 2.05) is 0 Å². The summed E-state index contributed by atoms with van der Waals surface area (Å²) in [4.78, 5) is 41.1. The van der Waals surface area contributed by atoms with Gasteiger partial charge in [-0.1, -0.05) is 12.2 Å². The SMILES string of the molecule is O=c1c2ncn([C@@H]3O[C@@H]4COP(O)(=S)O[C@H]5[C@@H](O)[C@H](n6cc7c8c(ncnc86)NCCC7)O[C@@H]5COP(=O)(S)O[C@H]3[C@@H]4F)c2ncn1CCO. The van der Waals surface area contributed by atoms with Gasteiger partial charge in [0, 0.05) is 12.7 Å². The van der Waals surface area contributed by atoms with Crippen molar-refractivity contribution in [3.05, 3.63) is 41.1 Å². The first-order valence-electron chi connectivity index (χ1n) is 15.5. The van der Waals surface area contributed by atoms with Gasteiger partial charge in [-0.3, -0.25) is 27.5 Å². The molecule has 3 saturated heterocycles. The van der Waals surface area contributed by atoms with Crippen LogP contribution in [0.25, 0.3) is 22.2 Å². The van der Waals surface area contributed by atoms with E-state index in [-0.39, 0.29) is 24.3 Å². The van der Waals surface area contributed by atoms with Crippen LogP contribution in [0.2, 0.25) is 0 Å². The minimum Gasteiger partial charge on any atom is -0.395 e. The Morgan fingerprint density at radius 3 is 2.66 bits per heavy atom. The topological polar surface area (TPSA) is 229 Å². The summed E-state index contributed by atoms with van der Waals surface area (Å²) in [6.45, 7) is -9.52. The Labute approximate surface area is 291 Å². The number of imidazole rings is 1. The van der Waals surface area contributed by atoms with Crippen molar-refractivity contribution in [3.8, 4) is 0 Å². The molecule has 4 aliphatic heterocycles. The van der Waals surface area contributed by atoms with Crippen LogP contribution in [0.5, 0.6) is 0 Å². The number of fused-ring (bicyclic) bond motifs is 4. The van der Waals surface area contributed by atoms with Gasteiger partial charge in [0.15, 0.2) is 29.8 Å². The highest BCUT2D eigenvalue weighted by atomic mass is 32.7. The number of rotatable bonds is 4. The lowest BCUT2D eigenvalue weighted by Crippen LogP contribution is -2.36. The Morgan fingerprint density at radius 2 is 1.84 bits per heavy atom. The Kier molecular flexibility index (Phi) is 9.15. The first-order valence-corrected chi connectivity index (χ1v) is 20.8. The van der Waals surface area contributed by atoms with Crippen LogP contribution in [0.15, 0.2) is 30.0 Å². The number of anilines is 1. The summed E-state index contributed by atoms with van der Waals surface area (Å²) in [5.41, 5.74) is 0.728. The lowest BCUT2D eigenvalue weighted by molar-refractivity contribution is -0.0583. The maximum Gasteiger partial charge on any atom is 0.386 e. The first-order chi connectivity index (χ1) is 23.9. The highest BCUT2D eigenvalue weighted by molar-refractivity contribution is 8.44. The normalized spacial score (nSPS) is 36.3. The van der Waals surface area contributed by atoms with Gasteiger partial charge in [0.25, 0.3) is 5.56 Å². The standard InChI is InChI=1S/C26H31FN8O11P2S2/c27-16-13-7-41-47(39,49)45-19-14(44-25(18(19)37)34-6-12-2-1-3-28-21-15(12)22(34)30-9-29-21)8-42-48(40,50)46-20(16)26(43-13)35-11-31-17-23(35)32-10-33(4-5-36)24(17)38/h6,9-11,13-14,16,18-20,25-26,36-37H,1-5,7-8H2,(H,39,49)(H,40,50)(H,28,29,30)/t13-,14-,16-,18-,19-,20+,25-,26-,47?,48?/m1/s1. The summed E-state index contributed by atoms with van der Waals surface area (Å²) < 4.78 is 68.4. The van der Waals surface area contributed by atoms with Crippen LogP contribution in [0.1, 0.15) is 24.4 Å². The Hall–Kier alpha value is -2.43. The molecule has 50 heavy (non-hydrogen) atoms. The number of aryl methyl sites for hydroxylation is 1. The Morgan fingerprint density at radius 1 is 1.04 bits per heavy atom. The average molecular weight is 777 g/mol. The summed E-state index contributed by atoms with van der Waals surface area (Å²) >= 11 is 9.37. The summed E-state index contributed by atoms with van der Waals surface area (Å²) in [5, 5.41) is 24.8. The number of nitrogens with one attached hydrogen (secondary N) is 1. The van der Waals surface area contributed by atoms with Crippen LogP contribution in [0.3, 0.4) is 0 Å². The van der Waals surface area contributed by atoms with Crippen molar-refractivity contribution in [2.75, 3.05) is 31.7 Å². The minimum atomic E-state index is -4.44. The summed E-state index contributed by atoms with van der Waals surface area (Å²) in [5.74, 6) is 0.642. The highest BCUT2D eigenvalue weighted by Crippen LogP contribution is 2.58. The molecular weight excluding hydrogens is 745 g/mol. The average Bonchev–Trinajstić information content (AvgIpc) is 3.78. The fourth-order valence-electron chi connectivity index (χ4n) is 6.65. The quantitative estimate of drug-likeness (QED) is 0.144. The summed E-state index contributed by atoms with van der Waals surface area (Å²) in [6, 6.07) is 0. The highest BCUT2D eigenvalue weighted by Gasteiger charge is 2.53. The third kappa shape index (κ3) is 6.13. The molecule has 3 fully saturated rings. The molecule has 4 aromatic rings. The van der Waals surface area contributed by atoms with Crippen molar-refractivity contribution in [2.24, 2.45) is 0 Å². The largest absolute Gasteiger partial charge is 0.395 e. The number of hydrogen-bond acceptors (Lipinski definition) is 16. The van der Waals surface area contributed by atoms with E-state index in [1.165, 1.54) is 23.5 Å². The molecule has 270 valence electrons. The molecule has 2 unspecified atom stereocenters. The van der Waals surface area contributed by atoms with E-state index < -0.39 is 81.4 Å². The molecule has 19 nitrogen and oxygen atoms in total. The lowest BCUT2D eigenvalue weighted by atomic mass is 10.1. The maximum atomic E-state index is 16.0. The second-order valence-electron chi connectivity index (χ2n) is 12.0. The number of ether oxygens (including phenoxy) is 2. The molecule has 4 aromatic heterocycles. The van der Waals surface area contributed by atoms with Gasteiger partial charge in [0.2, 0.25) is 0 Å². The predicted octanol–water partition coefficient (Wildman–Crippen LogP) is 0.954. The van der Waals surface area contributed by atoms with Crippen LogP contribution in [0, 0.1) is 0 Å². The predicted molar refractivity (Wildman–Crippen MR) is 177 cm³/mol. The van der Waals surface area contributed by atoms with Crippen molar-refractivity contribution in [2.45, 2.75) is 68.5 Å².